The van der Waals surface area contributed by atoms with Gasteiger partial charge < -0.3 is 4.98 Å². The number of sulfonamides is 1. The molecule has 0 aliphatic rings. The van der Waals surface area contributed by atoms with E-state index in [0.29, 0.717) is 0 Å². The van der Waals surface area contributed by atoms with Crippen molar-refractivity contribution in [2.24, 2.45) is 0 Å². The van der Waals surface area contributed by atoms with Crippen LogP contribution in [0.4, 0.5) is 0 Å². The molecular weight excluding hydrogens is 368 g/mol. The number of hydrogen-bond donors (Lipinski definition) is 2. The molecule has 4 aromatic rings. The molecule has 2 N–H and O–H groups in total. The number of nitrogens with one attached hydrogen (secondary N) is 2. The van der Waals surface area contributed by atoms with Crippen LogP contribution in [0.3, 0.4) is 0 Å². The van der Waals surface area contributed by atoms with Gasteiger partial charge in [0.15, 0.2) is 0 Å². The summed E-state index contributed by atoms with van der Waals surface area (Å²) in [6.45, 7) is 3.97. The second-order valence-electron chi connectivity index (χ2n) is 7.07. The van der Waals surface area contributed by atoms with Crippen LogP contribution in [0.25, 0.3) is 10.9 Å². The minimum absolute atomic E-state index is 0.259. The summed E-state index contributed by atoms with van der Waals surface area (Å²) in [7, 11) is -3.69. The average molecular weight is 391 g/mol. The molecule has 4 rings (SSSR count). The molecule has 28 heavy (non-hydrogen) atoms. The molecule has 1 aromatic heterocycles. The number of rotatable bonds is 5. The maximum atomic E-state index is 13.1. The van der Waals surface area contributed by atoms with E-state index >= 15 is 0 Å². The van der Waals surface area contributed by atoms with Gasteiger partial charge in [-0.25, -0.2) is 8.42 Å². The van der Waals surface area contributed by atoms with E-state index in [-0.39, 0.29) is 4.90 Å². The van der Waals surface area contributed by atoms with Crippen LogP contribution in [-0.2, 0) is 10.0 Å². The third-order valence-electron chi connectivity index (χ3n) is 4.92. The monoisotopic (exact) mass is 390 g/mol. The van der Waals surface area contributed by atoms with Gasteiger partial charge in [0.05, 0.1) is 10.9 Å². The number of aromatic nitrogens is 1. The molecule has 5 heteroatoms. The van der Waals surface area contributed by atoms with Crippen molar-refractivity contribution in [1.82, 2.24) is 9.71 Å². The summed E-state index contributed by atoms with van der Waals surface area (Å²) >= 11 is 0. The standard InChI is InChI=1S/C23H22N2O2S/c1-16-8-11-19(12-9-16)28(26,27)25-23(18-6-4-3-5-7-18)21-15-24-22-13-10-17(2)14-20(21)22/h3-15,23-25H,1-2H3/t23-/m1/s1. The minimum Gasteiger partial charge on any atom is -0.361 e. The smallest absolute Gasteiger partial charge is 0.241 e. The van der Waals surface area contributed by atoms with Crippen LogP contribution in [0.2, 0.25) is 0 Å². The first-order valence-electron chi connectivity index (χ1n) is 9.16. The van der Waals surface area contributed by atoms with Crippen LogP contribution in [0.1, 0.15) is 28.3 Å². The van der Waals surface area contributed by atoms with Crippen LogP contribution in [0.5, 0.6) is 0 Å². The van der Waals surface area contributed by atoms with Crippen molar-refractivity contribution in [3.63, 3.8) is 0 Å². The van der Waals surface area contributed by atoms with Crippen LogP contribution in [0, 0.1) is 13.8 Å². The van der Waals surface area contributed by atoms with Gasteiger partial charge >= 0.3 is 0 Å². The Morgan fingerprint density at radius 1 is 0.857 bits per heavy atom. The topological polar surface area (TPSA) is 62.0 Å². The van der Waals surface area contributed by atoms with Gasteiger partial charge in [-0.2, -0.15) is 4.72 Å². The van der Waals surface area contributed by atoms with Gasteiger partial charge in [-0.05, 0) is 49.2 Å². The van der Waals surface area contributed by atoms with Crippen molar-refractivity contribution in [2.75, 3.05) is 0 Å². The molecule has 1 heterocycles. The zero-order valence-corrected chi connectivity index (χ0v) is 16.6. The molecule has 3 aromatic carbocycles. The fraction of sp³-hybridized carbons (Fsp3) is 0.130. The first-order valence-corrected chi connectivity index (χ1v) is 10.6. The van der Waals surface area contributed by atoms with Gasteiger partial charge in [0, 0.05) is 17.1 Å². The third-order valence-corrected chi connectivity index (χ3v) is 6.36. The van der Waals surface area contributed by atoms with Gasteiger partial charge in [0.2, 0.25) is 10.0 Å². The lowest BCUT2D eigenvalue weighted by atomic mass is 9.98. The van der Waals surface area contributed by atoms with E-state index in [1.165, 1.54) is 0 Å². The Morgan fingerprint density at radius 3 is 2.25 bits per heavy atom. The van der Waals surface area contributed by atoms with Crippen molar-refractivity contribution in [3.05, 3.63) is 101 Å². The molecule has 0 saturated heterocycles. The average Bonchev–Trinajstić information content (AvgIpc) is 3.10. The second kappa shape index (κ2) is 7.26. The molecule has 0 unspecified atom stereocenters. The molecule has 0 fully saturated rings. The first kappa shape index (κ1) is 18.5. The Kier molecular flexibility index (Phi) is 4.79. The molecule has 0 amide bonds. The maximum absolute atomic E-state index is 13.1. The van der Waals surface area contributed by atoms with Gasteiger partial charge in [-0.15, -0.1) is 0 Å². The van der Waals surface area contributed by atoms with Crippen LogP contribution in [0.15, 0.2) is 83.9 Å². The van der Waals surface area contributed by atoms with E-state index in [4.69, 9.17) is 0 Å². The van der Waals surface area contributed by atoms with E-state index in [0.717, 1.165) is 33.2 Å². The maximum Gasteiger partial charge on any atom is 0.241 e. The van der Waals surface area contributed by atoms with Gasteiger partial charge in [0.25, 0.3) is 0 Å². The van der Waals surface area contributed by atoms with Crippen molar-refractivity contribution < 1.29 is 8.42 Å². The number of benzene rings is 3. The number of fused-ring (bicyclic) bond motifs is 1. The summed E-state index contributed by atoms with van der Waals surface area (Å²) in [5, 5.41) is 1.01. The first-order chi connectivity index (χ1) is 13.4. The SMILES string of the molecule is Cc1ccc(S(=O)(=O)N[C@H](c2ccccc2)c2c[nH]c3ccc(C)cc23)cc1. The highest BCUT2D eigenvalue weighted by Gasteiger charge is 2.25. The molecule has 4 nitrogen and oxygen atoms in total. The third kappa shape index (κ3) is 3.59. The Hall–Kier alpha value is -2.89. The van der Waals surface area contributed by atoms with E-state index in [1.54, 1.807) is 24.3 Å². The van der Waals surface area contributed by atoms with Crippen molar-refractivity contribution in [1.29, 1.82) is 0 Å². The Morgan fingerprint density at radius 2 is 1.54 bits per heavy atom. The normalized spacial score (nSPS) is 12.9. The Bertz CT molecular complexity index is 1210. The molecule has 0 saturated carbocycles. The molecule has 0 bridgehead atoms. The minimum atomic E-state index is -3.69. The Balaban J connectivity index is 1.82. The number of H-pyrrole nitrogens is 1. The second-order valence-corrected chi connectivity index (χ2v) is 8.79. The van der Waals surface area contributed by atoms with Crippen LogP contribution < -0.4 is 4.72 Å². The quantitative estimate of drug-likeness (QED) is 0.511. The molecule has 0 radical (unpaired) electrons. The summed E-state index contributed by atoms with van der Waals surface area (Å²) in [6, 6.07) is 22.2. The highest BCUT2D eigenvalue weighted by molar-refractivity contribution is 7.89. The van der Waals surface area contributed by atoms with Crippen LogP contribution in [-0.4, -0.2) is 13.4 Å². The fourth-order valence-corrected chi connectivity index (χ4v) is 4.60. The summed E-state index contributed by atoms with van der Waals surface area (Å²) in [6.07, 6.45) is 1.89. The predicted octanol–water partition coefficient (Wildman–Crippen LogP) is 4.85. The van der Waals surface area contributed by atoms with Crippen molar-refractivity contribution >= 4 is 20.9 Å². The summed E-state index contributed by atoms with van der Waals surface area (Å²) in [5.74, 6) is 0. The highest BCUT2D eigenvalue weighted by Crippen LogP contribution is 2.31. The fourth-order valence-electron chi connectivity index (χ4n) is 3.39. The van der Waals surface area contributed by atoms with E-state index < -0.39 is 16.1 Å². The van der Waals surface area contributed by atoms with E-state index in [1.807, 2.05) is 62.5 Å². The summed E-state index contributed by atoms with van der Waals surface area (Å²) in [5.41, 5.74) is 4.92. The van der Waals surface area contributed by atoms with Gasteiger partial charge in [-0.3, -0.25) is 0 Å². The van der Waals surface area contributed by atoms with Crippen molar-refractivity contribution in [2.45, 2.75) is 24.8 Å². The van der Waals surface area contributed by atoms with E-state index in [9.17, 15) is 8.42 Å². The molecular formula is C23H22N2O2S. The number of aryl methyl sites for hydroxylation is 2. The molecule has 142 valence electrons. The Labute approximate surface area is 165 Å². The van der Waals surface area contributed by atoms with Gasteiger partial charge in [0.1, 0.15) is 0 Å². The zero-order chi connectivity index (χ0) is 19.7. The lowest BCUT2D eigenvalue weighted by Gasteiger charge is -2.19. The molecule has 1 atom stereocenters. The van der Waals surface area contributed by atoms with E-state index in [2.05, 4.69) is 15.8 Å². The van der Waals surface area contributed by atoms with Crippen LogP contribution >= 0.6 is 0 Å². The lowest BCUT2D eigenvalue weighted by Crippen LogP contribution is -2.29. The molecule has 0 aliphatic heterocycles. The zero-order valence-electron chi connectivity index (χ0n) is 15.8. The van der Waals surface area contributed by atoms with Crippen molar-refractivity contribution in [3.8, 4) is 0 Å². The highest BCUT2D eigenvalue weighted by atomic mass is 32.2. The van der Waals surface area contributed by atoms with Gasteiger partial charge in [-0.1, -0.05) is 59.7 Å². The predicted molar refractivity (Wildman–Crippen MR) is 113 cm³/mol. The number of hydrogen-bond acceptors (Lipinski definition) is 2. The largest absolute Gasteiger partial charge is 0.361 e. The molecule has 0 spiro atoms. The molecule has 0 aliphatic carbocycles. The lowest BCUT2D eigenvalue weighted by molar-refractivity contribution is 0.572. The number of aromatic amines is 1. The summed E-state index contributed by atoms with van der Waals surface area (Å²) in [4.78, 5) is 3.52. The summed E-state index contributed by atoms with van der Waals surface area (Å²) < 4.78 is 29.1.